The van der Waals surface area contributed by atoms with Crippen LogP contribution in [-0.2, 0) is 10.0 Å². The minimum atomic E-state index is -3.12. The zero-order valence-corrected chi connectivity index (χ0v) is 13.8. The van der Waals surface area contributed by atoms with E-state index in [9.17, 15) is 8.42 Å². The summed E-state index contributed by atoms with van der Waals surface area (Å²) in [7, 11) is -3.12. The maximum absolute atomic E-state index is 11.5. The number of benzene rings is 1. The third-order valence-electron chi connectivity index (χ3n) is 3.69. The van der Waals surface area contributed by atoms with Crippen molar-refractivity contribution in [1.29, 1.82) is 0 Å². The second-order valence-corrected chi connectivity index (χ2v) is 7.64. The number of halogens is 1. The molecule has 1 aliphatic heterocycles. The van der Waals surface area contributed by atoms with E-state index in [-0.39, 0.29) is 11.8 Å². The molecule has 1 heterocycles. The van der Waals surface area contributed by atoms with Crippen molar-refractivity contribution in [2.45, 2.75) is 13.0 Å². The highest BCUT2D eigenvalue weighted by molar-refractivity contribution is 7.89. The average molecular weight is 332 g/mol. The minimum Gasteiger partial charge on any atom is -0.314 e. The maximum atomic E-state index is 11.5. The van der Waals surface area contributed by atoms with E-state index in [0.29, 0.717) is 13.1 Å². The van der Waals surface area contributed by atoms with Gasteiger partial charge in [-0.3, -0.25) is 4.90 Å². The molecular weight excluding hydrogens is 310 g/mol. The van der Waals surface area contributed by atoms with Crippen LogP contribution in [0.5, 0.6) is 0 Å². The summed E-state index contributed by atoms with van der Waals surface area (Å²) in [6.07, 6.45) is 0. The molecule has 1 aliphatic rings. The highest BCUT2D eigenvalue weighted by atomic mass is 35.5. The Bertz CT molecular complexity index is 565. The van der Waals surface area contributed by atoms with Gasteiger partial charge in [0.05, 0.1) is 5.75 Å². The van der Waals surface area contributed by atoms with Crippen LogP contribution in [0.3, 0.4) is 0 Å². The smallest absolute Gasteiger partial charge is 0.211 e. The van der Waals surface area contributed by atoms with Crippen molar-refractivity contribution >= 4 is 21.6 Å². The first-order chi connectivity index (χ1) is 10.0. The van der Waals surface area contributed by atoms with Crippen molar-refractivity contribution in [2.24, 2.45) is 0 Å². The predicted octanol–water partition coefficient (Wildman–Crippen LogP) is 1.23. The summed E-state index contributed by atoms with van der Waals surface area (Å²) in [6.45, 7) is 5.43. The van der Waals surface area contributed by atoms with Crippen molar-refractivity contribution < 1.29 is 8.42 Å². The standard InChI is InChI=1S/C14H22ClN3O2S/c1-2-21(19,20)17-7-9-18-8-6-16-11-14(18)12-4-3-5-13(15)10-12/h3-5,10,14,16-17H,2,6-9,11H2,1H3. The summed E-state index contributed by atoms with van der Waals surface area (Å²) < 4.78 is 25.6. The molecule has 0 aromatic heterocycles. The number of rotatable bonds is 6. The number of sulfonamides is 1. The van der Waals surface area contributed by atoms with Crippen LogP contribution in [0.25, 0.3) is 0 Å². The first kappa shape index (κ1) is 16.7. The molecule has 0 amide bonds. The van der Waals surface area contributed by atoms with Crippen LogP contribution in [0, 0.1) is 0 Å². The van der Waals surface area contributed by atoms with Gasteiger partial charge >= 0.3 is 0 Å². The largest absolute Gasteiger partial charge is 0.314 e. The van der Waals surface area contributed by atoms with E-state index in [4.69, 9.17) is 11.6 Å². The molecule has 0 saturated carbocycles. The second kappa shape index (κ2) is 7.56. The Balaban J connectivity index is 1.99. The SMILES string of the molecule is CCS(=O)(=O)NCCN1CCNCC1c1cccc(Cl)c1. The zero-order valence-electron chi connectivity index (χ0n) is 12.2. The Morgan fingerprint density at radius 3 is 3.00 bits per heavy atom. The van der Waals surface area contributed by atoms with Crippen LogP contribution in [0.15, 0.2) is 24.3 Å². The molecule has 1 atom stereocenters. The van der Waals surface area contributed by atoms with Crippen LogP contribution in [0.1, 0.15) is 18.5 Å². The summed E-state index contributed by atoms with van der Waals surface area (Å²) in [5.74, 6) is 0.117. The molecule has 0 spiro atoms. The van der Waals surface area contributed by atoms with Crippen molar-refractivity contribution in [1.82, 2.24) is 14.9 Å². The van der Waals surface area contributed by atoms with E-state index in [1.165, 1.54) is 0 Å². The lowest BCUT2D eigenvalue weighted by Crippen LogP contribution is -2.48. The van der Waals surface area contributed by atoms with Gasteiger partial charge in [0.15, 0.2) is 0 Å². The molecule has 2 N–H and O–H groups in total. The lowest BCUT2D eigenvalue weighted by Gasteiger charge is -2.36. The monoisotopic (exact) mass is 331 g/mol. The molecule has 5 nitrogen and oxygen atoms in total. The van der Waals surface area contributed by atoms with Crippen LogP contribution in [-0.4, -0.2) is 51.8 Å². The molecule has 2 rings (SSSR count). The molecule has 118 valence electrons. The zero-order chi connectivity index (χ0) is 15.3. The van der Waals surface area contributed by atoms with Gasteiger partial charge in [-0.2, -0.15) is 0 Å². The number of hydrogen-bond donors (Lipinski definition) is 2. The second-order valence-electron chi connectivity index (χ2n) is 5.11. The molecule has 0 radical (unpaired) electrons. The molecule has 1 saturated heterocycles. The first-order valence-corrected chi connectivity index (χ1v) is 9.22. The minimum absolute atomic E-state index is 0.117. The van der Waals surface area contributed by atoms with Crippen molar-refractivity contribution in [3.63, 3.8) is 0 Å². The lowest BCUT2D eigenvalue weighted by molar-refractivity contribution is 0.165. The number of nitrogens with one attached hydrogen (secondary N) is 2. The van der Waals surface area contributed by atoms with Gasteiger partial charge in [-0.15, -0.1) is 0 Å². The molecule has 7 heteroatoms. The van der Waals surface area contributed by atoms with E-state index in [0.717, 1.165) is 30.2 Å². The predicted molar refractivity (Wildman–Crippen MR) is 86.1 cm³/mol. The fourth-order valence-electron chi connectivity index (χ4n) is 2.50. The van der Waals surface area contributed by atoms with Gasteiger partial charge < -0.3 is 5.32 Å². The van der Waals surface area contributed by atoms with Gasteiger partial charge in [0.1, 0.15) is 0 Å². The Morgan fingerprint density at radius 1 is 1.48 bits per heavy atom. The summed E-state index contributed by atoms with van der Waals surface area (Å²) >= 11 is 6.06. The van der Waals surface area contributed by atoms with Crippen LogP contribution >= 0.6 is 11.6 Å². The summed E-state index contributed by atoms with van der Waals surface area (Å²) in [6, 6.07) is 8.07. The molecule has 0 bridgehead atoms. The molecular formula is C14H22ClN3O2S. The van der Waals surface area contributed by atoms with E-state index < -0.39 is 10.0 Å². The number of nitrogens with zero attached hydrogens (tertiary/aromatic N) is 1. The first-order valence-electron chi connectivity index (χ1n) is 7.19. The van der Waals surface area contributed by atoms with E-state index in [2.05, 4.69) is 21.0 Å². The lowest BCUT2D eigenvalue weighted by atomic mass is 10.0. The fourth-order valence-corrected chi connectivity index (χ4v) is 3.31. The fraction of sp³-hybridized carbons (Fsp3) is 0.571. The molecule has 21 heavy (non-hydrogen) atoms. The quantitative estimate of drug-likeness (QED) is 0.823. The average Bonchev–Trinajstić information content (AvgIpc) is 2.47. The van der Waals surface area contributed by atoms with E-state index >= 15 is 0 Å². The normalized spacial score (nSPS) is 20.6. The topological polar surface area (TPSA) is 61.4 Å². The van der Waals surface area contributed by atoms with Gasteiger partial charge in [0, 0.05) is 43.8 Å². The van der Waals surface area contributed by atoms with Crippen LogP contribution in [0.2, 0.25) is 5.02 Å². The van der Waals surface area contributed by atoms with Crippen LogP contribution < -0.4 is 10.0 Å². The number of piperazine rings is 1. The Morgan fingerprint density at radius 2 is 2.29 bits per heavy atom. The Labute approximate surface area is 131 Å². The van der Waals surface area contributed by atoms with Crippen molar-refractivity contribution in [3.8, 4) is 0 Å². The van der Waals surface area contributed by atoms with Gasteiger partial charge in [-0.1, -0.05) is 23.7 Å². The third kappa shape index (κ3) is 4.93. The van der Waals surface area contributed by atoms with Crippen molar-refractivity contribution in [3.05, 3.63) is 34.9 Å². The van der Waals surface area contributed by atoms with Crippen LogP contribution in [0.4, 0.5) is 0 Å². The van der Waals surface area contributed by atoms with E-state index in [1.54, 1.807) is 6.92 Å². The van der Waals surface area contributed by atoms with E-state index in [1.807, 2.05) is 18.2 Å². The van der Waals surface area contributed by atoms with Gasteiger partial charge in [-0.25, -0.2) is 13.1 Å². The highest BCUT2D eigenvalue weighted by Gasteiger charge is 2.23. The molecule has 1 fully saturated rings. The summed E-state index contributed by atoms with van der Waals surface area (Å²) in [5, 5.41) is 4.10. The highest BCUT2D eigenvalue weighted by Crippen LogP contribution is 2.24. The van der Waals surface area contributed by atoms with Gasteiger partial charge in [-0.05, 0) is 24.6 Å². The molecule has 1 unspecified atom stereocenters. The van der Waals surface area contributed by atoms with Gasteiger partial charge in [0.25, 0.3) is 0 Å². The van der Waals surface area contributed by atoms with Gasteiger partial charge in [0.2, 0.25) is 10.0 Å². The Hall–Kier alpha value is -0.660. The molecule has 1 aromatic rings. The summed E-state index contributed by atoms with van der Waals surface area (Å²) in [4.78, 5) is 2.29. The maximum Gasteiger partial charge on any atom is 0.211 e. The molecule has 0 aliphatic carbocycles. The molecule has 1 aromatic carbocycles. The third-order valence-corrected chi connectivity index (χ3v) is 5.33. The number of hydrogen-bond acceptors (Lipinski definition) is 4. The Kier molecular flexibility index (Phi) is 6.01. The summed E-state index contributed by atoms with van der Waals surface area (Å²) in [5.41, 5.74) is 1.16. The van der Waals surface area contributed by atoms with Crippen molar-refractivity contribution in [2.75, 3.05) is 38.5 Å².